The van der Waals surface area contributed by atoms with Gasteiger partial charge in [-0.1, -0.05) is 25.4 Å². The van der Waals surface area contributed by atoms with Crippen LogP contribution in [-0.2, 0) is 4.74 Å². The van der Waals surface area contributed by atoms with Gasteiger partial charge in [0, 0.05) is 11.4 Å². The third-order valence-corrected chi connectivity index (χ3v) is 5.36. The minimum Gasteiger partial charge on any atom is -0.368 e. The number of hydrogen-bond donors (Lipinski definition) is 1. The van der Waals surface area contributed by atoms with Crippen molar-refractivity contribution in [3.8, 4) is 0 Å². The molecule has 1 heterocycles. The van der Waals surface area contributed by atoms with Gasteiger partial charge in [-0.2, -0.15) is 0 Å². The van der Waals surface area contributed by atoms with Crippen LogP contribution in [0, 0.1) is 11.8 Å². The Morgan fingerprint density at radius 2 is 2.17 bits per heavy atom. The SMILES string of the molecule is CC1CCC(OC(CN)c2ccc(Cl)s2)CC1C. The lowest BCUT2D eigenvalue weighted by atomic mass is 9.80. The van der Waals surface area contributed by atoms with E-state index in [4.69, 9.17) is 22.1 Å². The van der Waals surface area contributed by atoms with Gasteiger partial charge >= 0.3 is 0 Å². The van der Waals surface area contributed by atoms with Gasteiger partial charge in [0.15, 0.2) is 0 Å². The molecule has 1 fully saturated rings. The molecule has 1 saturated carbocycles. The monoisotopic (exact) mass is 287 g/mol. The number of halogens is 1. The van der Waals surface area contributed by atoms with Gasteiger partial charge in [0.2, 0.25) is 0 Å². The number of ether oxygens (including phenoxy) is 1. The first-order valence-corrected chi connectivity index (χ1v) is 7.90. The van der Waals surface area contributed by atoms with E-state index in [0.29, 0.717) is 12.6 Å². The van der Waals surface area contributed by atoms with E-state index >= 15 is 0 Å². The molecule has 2 rings (SSSR count). The highest BCUT2D eigenvalue weighted by atomic mass is 35.5. The van der Waals surface area contributed by atoms with Gasteiger partial charge in [-0.25, -0.2) is 0 Å². The third-order valence-electron chi connectivity index (χ3n) is 4.03. The Balaban J connectivity index is 1.94. The van der Waals surface area contributed by atoms with Crippen molar-refractivity contribution in [2.24, 2.45) is 17.6 Å². The zero-order valence-corrected chi connectivity index (χ0v) is 12.6. The number of hydrogen-bond acceptors (Lipinski definition) is 3. The van der Waals surface area contributed by atoms with E-state index in [1.807, 2.05) is 12.1 Å². The van der Waals surface area contributed by atoms with Crippen LogP contribution in [0.2, 0.25) is 4.34 Å². The Labute approximate surface area is 118 Å². The van der Waals surface area contributed by atoms with E-state index in [1.165, 1.54) is 6.42 Å². The average Bonchev–Trinajstić information content (AvgIpc) is 2.77. The Morgan fingerprint density at radius 1 is 1.39 bits per heavy atom. The van der Waals surface area contributed by atoms with Crippen LogP contribution in [0.5, 0.6) is 0 Å². The maximum absolute atomic E-state index is 6.19. The minimum atomic E-state index is 0.00751. The van der Waals surface area contributed by atoms with Crippen molar-refractivity contribution >= 4 is 22.9 Å². The van der Waals surface area contributed by atoms with E-state index in [1.54, 1.807) is 11.3 Å². The first kappa shape index (κ1) is 14.3. The molecule has 4 unspecified atom stereocenters. The van der Waals surface area contributed by atoms with Crippen molar-refractivity contribution < 1.29 is 4.74 Å². The average molecular weight is 288 g/mol. The minimum absolute atomic E-state index is 0.00751. The second-order valence-electron chi connectivity index (χ2n) is 5.39. The highest BCUT2D eigenvalue weighted by Gasteiger charge is 2.27. The molecule has 1 aliphatic carbocycles. The highest BCUT2D eigenvalue weighted by molar-refractivity contribution is 7.16. The van der Waals surface area contributed by atoms with Gasteiger partial charge in [0.05, 0.1) is 10.4 Å². The predicted octanol–water partition coefficient (Wildman–Crippen LogP) is 4.24. The fourth-order valence-electron chi connectivity index (χ4n) is 2.59. The molecule has 2 nitrogen and oxygen atoms in total. The zero-order chi connectivity index (χ0) is 13.1. The summed E-state index contributed by atoms with van der Waals surface area (Å²) in [5, 5.41) is 0. The first-order valence-electron chi connectivity index (χ1n) is 6.71. The van der Waals surface area contributed by atoms with Crippen LogP contribution >= 0.6 is 22.9 Å². The van der Waals surface area contributed by atoms with Crippen molar-refractivity contribution in [2.75, 3.05) is 6.54 Å². The Morgan fingerprint density at radius 3 is 2.72 bits per heavy atom. The number of rotatable bonds is 4. The van der Waals surface area contributed by atoms with Crippen molar-refractivity contribution in [2.45, 2.75) is 45.3 Å². The maximum Gasteiger partial charge on any atom is 0.104 e. The van der Waals surface area contributed by atoms with E-state index in [9.17, 15) is 0 Å². The molecule has 1 aromatic rings. The van der Waals surface area contributed by atoms with Crippen LogP contribution in [-0.4, -0.2) is 12.6 Å². The molecule has 0 bridgehead atoms. The van der Waals surface area contributed by atoms with Crippen molar-refractivity contribution in [3.05, 3.63) is 21.3 Å². The second-order valence-corrected chi connectivity index (χ2v) is 7.14. The van der Waals surface area contributed by atoms with Gasteiger partial charge < -0.3 is 10.5 Å². The van der Waals surface area contributed by atoms with E-state index < -0.39 is 0 Å². The molecule has 0 aromatic carbocycles. The molecule has 2 N–H and O–H groups in total. The lowest BCUT2D eigenvalue weighted by Gasteiger charge is -2.33. The molecule has 0 radical (unpaired) electrons. The summed E-state index contributed by atoms with van der Waals surface area (Å²) >= 11 is 7.54. The summed E-state index contributed by atoms with van der Waals surface area (Å²) < 4.78 is 6.99. The highest BCUT2D eigenvalue weighted by Crippen LogP contribution is 2.35. The molecule has 0 saturated heterocycles. The topological polar surface area (TPSA) is 35.2 Å². The molecule has 4 atom stereocenters. The molecule has 18 heavy (non-hydrogen) atoms. The molecular weight excluding hydrogens is 266 g/mol. The van der Waals surface area contributed by atoms with Gasteiger partial charge in [0.25, 0.3) is 0 Å². The smallest absolute Gasteiger partial charge is 0.104 e. The molecule has 1 aromatic heterocycles. The lowest BCUT2D eigenvalue weighted by molar-refractivity contribution is -0.0434. The fraction of sp³-hybridized carbons (Fsp3) is 0.714. The lowest BCUT2D eigenvalue weighted by Crippen LogP contribution is -2.29. The number of thiophene rings is 1. The Bertz CT molecular complexity index is 382. The van der Waals surface area contributed by atoms with Crippen molar-refractivity contribution in [1.29, 1.82) is 0 Å². The molecule has 0 spiro atoms. The van der Waals surface area contributed by atoms with Crippen LogP contribution in [0.4, 0.5) is 0 Å². The number of nitrogens with two attached hydrogens (primary N) is 1. The summed E-state index contributed by atoms with van der Waals surface area (Å²) in [6, 6.07) is 3.94. The maximum atomic E-state index is 6.19. The molecule has 0 aliphatic heterocycles. The largest absolute Gasteiger partial charge is 0.368 e. The summed E-state index contributed by atoms with van der Waals surface area (Å²) in [6.45, 7) is 5.18. The predicted molar refractivity (Wildman–Crippen MR) is 78.2 cm³/mol. The normalized spacial score (nSPS) is 30.3. The van der Waals surface area contributed by atoms with Crippen LogP contribution < -0.4 is 5.73 Å². The van der Waals surface area contributed by atoms with E-state index in [-0.39, 0.29) is 6.10 Å². The van der Waals surface area contributed by atoms with E-state index in [0.717, 1.165) is 33.9 Å². The third kappa shape index (κ3) is 3.47. The molecule has 4 heteroatoms. The van der Waals surface area contributed by atoms with Gasteiger partial charge in [0.1, 0.15) is 6.10 Å². The van der Waals surface area contributed by atoms with E-state index in [2.05, 4.69) is 13.8 Å². The zero-order valence-electron chi connectivity index (χ0n) is 11.1. The van der Waals surface area contributed by atoms with Crippen molar-refractivity contribution in [1.82, 2.24) is 0 Å². The molecular formula is C14H22ClNOS. The van der Waals surface area contributed by atoms with Crippen LogP contribution in [0.25, 0.3) is 0 Å². The fourth-order valence-corrected chi connectivity index (χ4v) is 3.70. The summed E-state index contributed by atoms with van der Waals surface area (Å²) in [5.74, 6) is 1.56. The first-order chi connectivity index (χ1) is 8.60. The summed E-state index contributed by atoms with van der Waals surface area (Å²) in [5.41, 5.74) is 5.83. The van der Waals surface area contributed by atoms with Crippen LogP contribution in [0.15, 0.2) is 12.1 Å². The summed E-state index contributed by atoms with van der Waals surface area (Å²) in [6.07, 6.45) is 3.92. The summed E-state index contributed by atoms with van der Waals surface area (Å²) in [7, 11) is 0. The second kappa shape index (κ2) is 6.38. The molecule has 1 aliphatic rings. The van der Waals surface area contributed by atoms with Crippen LogP contribution in [0.3, 0.4) is 0 Å². The standard InChI is InChI=1S/C14H22ClNOS/c1-9-3-4-11(7-10(9)2)17-12(8-16)13-5-6-14(15)18-13/h5-6,9-12H,3-4,7-8,16H2,1-2H3. The van der Waals surface area contributed by atoms with Gasteiger partial charge in [-0.05, 0) is 43.2 Å². The Hall–Kier alpha value is -0.0900. The summed E-state index contributed by atoms with van der Waals surface area (Å²) in [4.78, 5) is 1.15. The quantitative estimate of drug-likeness (QED) is 0.899. The van der Waals surface area contributed by atoms with Gasteiger partial charge in [-0.15, -0.1) is 11.3 Å². The van der Waals surface area contributed by atoms with Crippen molar-refractivity contribution in [3.63, 3.8) is 0 Å². The van der Waals surface area contributed by atoms with Crippen LogP contribution in [0.1, 0.15) is 44.1 Å². The van der Waals surface area contributed by atoms with Gasteiger partial charge in [-0.3, -0.25) is 0 Å². The molecule has 102 valence electrons. The Kier molecular flexibility index (Phi) is 5.07. The molecule has 0 amide bonds.